The van der Waals surface area contributed by atoms with E-state index in [0.29, 0.717) is 57.9 Å². The zero-order valence-corrected chi connectivity index (χ0v) is 63.1. The molecular formula is C80H156N4O6S2. The second-order valence-corrected chi connectivity index (χ2v) is 30.8. The van der Waals surface area contributed by atoms with Gasteiger partial charge in [0, 0.05) is 76.8 Å². The van der Waals surface area contributed by atoms with Gasteiger partial charge in [-0.3, -0.25) is 24.4 Å². The highest BCUT2D eigenvalue weighted by molar-refractivity contribution is 8.76. The molecular weight excluding hydrogens is 1180 g/mol. The summed E-state index contributed by atoms with van der Waals surface area (Å²) in [7, 11) is 3.98. The third-order valence-electron chi connectivity index (χ3n) is 19.0. The Bertz CT molecular complexity index is 1550. The molecule has 1 rings (SSSR count). The molecule has 0 aromatic heterocycles. The van der Waals surface area contributed by atoms with Crippen molar-refractivity contribution < 1.29 is 30.0 Å². The number of esters is 1. The molecule has 92 heavy (non-hydrogen) atoms. The second kappa shape index (κ2) is 71.2. The van der Waals surface area contributed by atoms with Crippen LogP contribution in [0.2, 0.25) is 0 Å². The van der Waals surface area contributed by atoms with Crippen LogP contribution in [0.4, 0.5) is 0 Å². The predicted octanol–water partition coefficient (Wildman–Crippen LogP) is 21.7. The molecule has 0 spiro atoms. The topological polar surface area (TPSA) is 120 Å². The molecule has 0 aromatic carbocycles. The van der Waals surface area contributed by atoms with Gasteiger partial charge in [-0.1, -0.05) is 292 Å². The van der Waals surface area contributed by atoms with E-state index in [0.717, 1.165) is 128 Å². The van der Waals surface area contributed by atoms with Crippen molar-refractivity contribution in [2.75, 3.05) is 96.6 Å². The number of ether oxygens (including phenoxy) is 1. The average molecular weight is 1330 g/mol. The van der Waals surface area contributed by atoms with Crippen LogP contribution in [-0.4, -0.2) is 161 Å². The van der Waals surface area contributed by atoms with Gasteiger partial charge in [-0.15, -0.1) is 0 Å². The first-order valence-electron chi connectivity index (χ1n) is 40.2. The van der Waals surface area contributed by atoms with E-state index < -0.39 is 6.10 Å². The lowest BCUT2D eigenvalue weighted by Gasteiger charge is -2.34. The summed E-state index contributed by atoms with van der Waals surface area (Å²) in [4.78, 5) is 22.4. The third-order valence-corrected chi connectivity index (χ3v) is 21.5. The molecule has 1 heterocycles. The van der Waals surface area contributed by atoms with Crippen LogP contribution in [0.15, 0.2) is 36.1 Å². The maximum Gasteiger partial charge on any atom is 0.305 e. The number of aliphatic hydroxyl groups is 4. The number of piperazine rings is 1. The van der Waals surface area contributed by atoms with Gasteiger partial charge in [0.1, 0.15) is 12.4 Å². The van der Waals surface area contributed by atoms with E-state index in [9.17, 15) is 25.2 Å². The van der Waals surface area contributed by atoms with Gasteiger partial charge < -0.3 is 25.2 Å². The van der Waals surface area contributed by atoms with Crippen molar-refractivity contribution in [1.82, 2.24) is 19.6 Å². The monoisotopic (exact) mass is 1330 g/mol. The molecule has 544 valence electrons. The van der Waals surface area contributed by atoms with E-state index in [-0.39, 0.29) is 18.2 Å². The molecule has 0 radical (unpaired) electrons. The number of rotatable bonds is 73. The largest absolute Gasteiger partial charge is 0.511 e. The fourth-order valence-corrected chi connectivity index (χ4v) is 15.1. The molecule has 4 N–H and O–H groups in total. The number of aliphatic hydroxyl groups excluding tert-OH is 4. The smallest absolute Gasteiger partial charge is 0.305 e. The van der Waals surface area contributed by atoms with E-state index in [2.05, 4.69) is 71.6 Å². The Balaban J connectivity index is 2.42. The number of hydrogen-bond acceptors (Lipinski definition) is 12. The van der Waals surface area contributed by atoms with Crippen LogP contribution in [0.1, 0.15) is 355 Å². The molecule has 10 nitrogen and oxygen atoms in total. The maximum atomic E-state index is 12.9. The molecule has 0 amide bonds. The highest BCUT2D eigenvalue weighted by atomic mass is 33.1. The van der Waals surface area contributed by atoms with Crippen molar-refractivity contribution in [2.24, 2.45) is 0 Å². The first kappa shape index (κ1) is 88.9. The summed E-state index contributed by atoms with van der Waals surface area (Å²) in [6, 6.07) is 0. The maximum absolute atomic E-state index is 12.9. The Morgan fingerprint density at radius 2 is 0.739 bits per heavy atom. The summed E-state index contributed by atoms with van der Waals surface area (Å²) >= 11 is 0. The summed E-state index contributed by atoms with van der Waals surface area (Å²) in [6.45, 7) is 19.3. The average Bonchev–Trinajstić information content (AvgIpc) is 3.01. The van der Waals surface area contributed by atoms with Gasteiger partial charge in [0.15, 0.2) is 0 Å². The Kier molecular flexibility index (Phi) is 68.8. The normalized spacial score (nSPS) is 14.7. The fraction of sp³-hybridized carbons (Fsp3) is 0.912. The number of carbonyl (C=O) groups is 1. The molecule has 0 saturated carbocycles. The molecule has 1 aliphatic rings. The van der Waals surface area contributed by atoms with Crippen molar-refractivity contribution in [1.29, 1.82) is 0 Å². The minimum Gasteiger partial charge on any atom is -0.511 e. The van der Waals surface area contributed by atoms with Crippen LogP contribution < -0.4 is 0 Å². The molecule has 12 heteroatoms. The lowest BCUT2D eigenvalue weighted by molar-refractivity contribution is -0.144. The van der Waals surface area contributed by atoms with E-state index in [1.165, 1.54) is 244 Å². The fourth-order valence-electron chi connectivity index (χ4n) is 12.9. The van der Waals surface area contributed by atoms with E-state index in [4.69, 9.17) is 4.74 Å². The van der Waals surface area contributed by atoms with Gasteiger partial charge >= 0.3 is 5.97 Å². The van der Waals surface area contributed by atoms with Gasteiger partial charge in [-0.2, -0.15) is 0 Å². The van der Waals surface area contributed by atoms with Crippen molar-refractivity contribution in [2.45, 2.75) is 373 Å². The Hall–Kier alpha value is -1.09. The number of carbonyl (C=O) groups excluding carboxylic acids is 1. The lowest BCUT2D eigenvalue weighted by atomic mass is 10.0. The zero-order valence-electron chi connectivity index (χ0n) is 61.5. The highest BCUT2D eigenvalue weighted by Crippen LogP contribution is 2.24. The quantitative estimate of drug-likeness (QED) is 0.0153. The van der Waals surface area contributed by atoms with Crippen LogP contribution in [0.25, 0.3) is 0 Å². The summed E-state index contributed by atoms with van der Waals surface area (Å²) in [5.74, 6) is 2.47. The molecule has 0 aliphatic carbocycles. The van der Waals surface area contributed by atoms with Crippen molar-refractivity contribution in [3.8, 4) is 0 Å². The van der Waals surface area contributed by atoms with Gasteiger partial charge in [0.2, 0.25) is 0 Å². The summed E-state index contributed by atoms with van der Waals surface area (Å²) in [5.41, 5.74) is 0. The molecule has 1 saturated heterocycles. The molecule has 0 bridgehead atoms. The number of allylic oxidation sites excluding steroid dienone is 5. The standard InChI is InChI=1S/C80H156N4O6S2/c1-5-9-13-17-21-25-29-31-33-35-39-43-47-49-56-76(85)72-83(73-77(86)57-50-48-44-40-36-34-32-30-26-22-18-14-10-6-2)61-53-54-70-91-92-71-68-82-65-63-81(64-66-82)67-69-90-80(89)60-55-62-84(74-78(87)58-51-45-41-37-27-23-19-15-11-7-3)75-79(88)59-52-46-42-38-28-24-20-16-12-8-4/h31-34,58,76-77,79,85-88H,5-30,35-57,59-75H2,1-4H3/b33-31-,34-32-,78-58-. The SMILES string of the molecule is CCCCCCCC/C=C\CCCCCCC(O)CN(CCCCSSCCN1CCN(CCOC(=O)CCCN(C/C(O)=C/CCCCCCCCCCC)CC(O)CCCCCCCCCCCC)CC1)CC(O)CCCCCC/C=C\CCCCCCCC. The van der Waals surface area contributed by atoms with Gasteiger partial charge in [-0.25, -0.2) is 0 Å². The first-order valence-corrected chi connectivity index (χ1v) is 42.7. The molecule has 3 unspecified atom stereocenters. The highest BCUT2D eigenvalue weighted by Gasteiger charge is 2.19. The Morgan fingerprint density at radius 3 is 1.15 bits per heavy atom. The van der Waals surface area contributed by atoms with Crippen LogP contribution in [0.5, 0.6) is 0 Å². The van der Waals surface area contributed by atoms with Crippen LogP contribution >= 0.6 is 21.6 Å². The van der Waals surface area contributed by atoms with Gasteiger partial charge in [0.05, 0.1) is 24.9 Å². The first-order chi connectivity index (χ1) is 45.2. The number of unbranched alkanes of at least 4 members (excludes halogenated alkanes) is 39. The molecule has 1 aliphatic heterocycles. The van der Waals surface area contributed by atoms with E-state index in [1.807, 2.05) is 27.7 Å². The summed E-state index contributed by atoms with van der Waals surface area (Å²) < 4.78 is 5.75. The lowest BCUT2D eigenvalue weighted by Crippen LogP contribution is -2.47. The predicted molar refractivity (Wildman–Crippen MR) is 407 cm³/mol. The van der Waals surface area contributed by atoms with Crippen molar-refractivity contribution in [3.63, 3.8) is 0 Å². The number of hydrogen-bond donors (Lipinski definition) is 4. The van der Waals surface area contributed by atoms with Crippen molar-refractivity contribution in [3.05, 3.63) is 36.1 Å². The minimum absolute atomic E-state index is 0.155. The summed E-state index contributed by atoms with van der Waals surface area (Å²) in [5, 5.41) is 44.4. The third kappa shape index (κ3) is 63.6. The second-order valence-electron chi connectivity index (χ2n) is 28.1. The van der Waals surface area contributed by atoms with E-state index in [1.54, 1.807) is 0 Å². The van der Waals surface area contributed by atoms with E-state index >= 15 is 0 Å². The zero-order chi connectivity index (χ0) is 66.5. The van der Waals surface area contributed by atoms with Gasteiger partial charge in [0.25, 0.3) is 0 Å². The molecule has 1 fully saturated rings. The Morgan fingerprint density at radius 1 is 0.402 bits per heavy atom. The molecule has 0 aromatic rings. The van der Waals surface area contributed by atoms with Crippen LogP contribution in [0, 0.1) is 0 Å². The summed E-state index contributed by atoms with van der Waals surface area (Å²) in [6.07, 6.45) is 72.1. The van der Waals surface area contributed by atoms with Gasteiger partial charge in [-0.05, 0) is 122 Å². The minimum atomic E-state index is -0.434. The molecule has 3 atom stereocenters. The van der Waals surface area contributed by atoms with Crippen molar-refractivity contribution >= 4 is 27.6 Å². The van der Waals surface area contributed by atoms with Crippen LogP contribution in [0.3, 0.4) is 0 Å². The number of nitrogens with zero attached hydrogens (tertiary/aromatic N) is 4. The Labute approximate surface area is 580 Å². The van der Waals surface area contributed by atoms with Crippen LogP contribution in [-0.2, 0) is 9.53 Å².